The molecule has 2 aromatic carbocycles. The molecule has 0 bridgehead atoms. The number of hydrogen-bond donors (Lipinski definition) is 2. The molecule has 26 heavy (non-hydrogen) atoms. The lowest BCUT2D eigenvalue weighted by Gasteiger charge is -2.01. The second-order valence-corrected chi connectivity index (χ2v) is 6.03. The fourth-order valence-electron chi connectivity index (χ4n) is 2.91. The Balaban J connectivity index is 1.34. The monoisotopic (exact) mass is 346 g/mol. The fourth-order valence-corrected chi connectivity index (χ4v) is 2.91. The molecule has 4 aromatic rings. The molecule has 1 amide bonds. The molecule has 0 aliphatic rings. The highest BCUT2D eigenvalue weighted by atomic mass is 16.4. The zero-order valence-corrected chi connectivity index (χ0v) is 14.1. The van der Waals surface area contributed by atoms with Gasteiger partial charge in [-0.15, -0.1) is 10.2 Å². The van der Waals surface area contributed by atoms with E-state index in [9.17, 15) is 4.79 Å². The zero-order valence-electron chi connectivity index (χ0n) is 14.1. The first-order chi connectivity index (χ1) is 12.8. The third-order valence-corrected chi connectivity index (χ3v) is 4.21. The summed E-state index contributed by atoms with van der Waals surface area (Å²) in [5.74, 6) is 0.0736. The Labute approximate surface area is 150 Å². The highest BCUT2D eigenvalue weighted by Crippen LogP contribution is 2.17. The summed E-state index contributed by atoms with van der Waals surface area (Å²) in [4.78, 5) is 15.4. The van der Waals surface area contributed by atoms with Gasteiger partial charge in [-0.05, 0) is 23.6 Å². The molecular weight excluding hydrogens is 328 g/mol. The van der Waals surface area contributed by atoms with Crippen molar-refractivity contribution in [2.24, 2.45) is 0 Å². The molecule has 0 aliphatic heterocycles. The highest BCUT2D eigenvalue weighted by Gasteiger charge is 2.15. The number of benzene rings is 2. The van der Waals surface area contributed by atoms with Gasteiger partial charge in [0, 0.05) is 23.6 Å². The van der Waals surface area contributed by atoms with Gasteiger partial charge in [-0.25, -0.2) is 0 Å². The Morgan fingerprint density at radius 3 is 2.73 bits per heavy atom. The summed E-state index contributed by atoms with van der Waals surface area (Å²) < 4.78 is 5.47. The van der Waals surface area contributed by atoms with Crippen LogP contribution in [0.15, 0.2) is 65.2 Å². The molecule has 0 fully saturated rings. The average molecular weight is 346 g/mol. The minimum Gasteiger partial charge on any atom is -0.417 e. The number of carbonyl (C=O) groups is 1. The minimum atomic E-state index is -0.350. The van der Waals surface area contributed by atoms with Crippen molar-refractivity contribution in [1.82, 2.24) is 20.5 Å². The molecule has 0 aliphatic carbocycles. The van der Waals surface area contributed by atoms with Gasteiger partial charge in [-0.3, -0.25) is 4.79 Å². The number of nitrogens with one attached hydrogen (secondary N) is 2. The van der Waals surface area contributed by atoms with Gasteiger partial charge in [0.2, 0.25) is 5.89 Å². The molecule has 0 atom stereocenters. The van der Waals surface area contributed by atoms with Gasteiger partial charge in [-0.1, -0.05) is 48.5 Å². The predicted octanol–water partition coefficient (Wildman–Crippen LogP) is 3.11. The Bertz CT molecular complexity index is 1020. The highest BCUT2D eigenvalue weighted by molar-refractivity contribution is 5.89. The number of rotatable bonds is 6. The molecule has 0 unspecified atom stereocenters. The van der Waals surface area contributed by atoms with Crippen LogP contribution >= 0.6 is 0 Å². The van der Waals surface area contributed by atoms with Crippen LogP contribution in [0.4, 0.5) is 0 Å². The molecule has 4 rings (SSSR count). The number of fused-ring (bicyclic) bond motifs is 1. The van der Waals surface area contributed by atoms with Crippen LogP contribution in [-0.2, 0) is 12.8 Å². The number of aromatic amines is 1. The predicted molar refractivity (Wildman–Crippen MR) is 97.9 cm³/mol. The van der Waals surface area contributed by atoms with E-state index in [1.54, 1.807) is 0 Å². The van der Waals surface area contributed by atoms with E-state index >= 15 is 0 Å². The topological polar surface area (TPSA) is 83.8 Å². The van der Waals surface area contributed by atoms with E-state index in [4.69, 9.17) is 4.42 Å². The van der Waals surface area contributed by atoms with Crippen LogP contribution in [0.5, 0.6) is 0 Å². The molecule has 0 spiro atoms. The van der Waals surface area contributed by atoms with Crippen molar-refractivity contribution in [1.29, 1.82) is 0 Å². The van der Waals surface area contributed by atoms with Crippen LogP contribution in [0.3, 0.4) is 0 Å². The number of para-hydroxylation sites is 1. The first-order valence-corrected chi connectivity index (χ1v) is 8.49. The molecule has 2 aromatic heterocycles. The van der Waals surface area contributed by atoms with Crippen molar-refractivity contribution >= 4 is 16.8 Å². The SMILES string of the molecule is O=C(NCCc1c[nH]c2ccccc12)c1nnc(Cc2ccccc2)o1. The Kier molecular flexibility index (Phi) is 4.47. The van der Waals surface area contributed by atoms with E-state index in [2.05, 4.69) is 26.6 Å². The second kappa shape index (κ2) is 7.23. The average Bonchev–Trinajstić information content (AvgIpc) is 3.30. The molecule has 2 N–H and O–H groups in total. The summed E-state index contributed by atoms with van der Waals surface area (Å²) in [6.45, 7) is 0.497. The van der Waals surface area contributed by atoms with Crippen molar-refractivity contribution in [3.05, 3.63) is 83.7 Å². The van der Waals surface area contributed by atoms with E-state index < -0.39 is 0 Å². The van der Waals surface area contributed by atoms with Gasteiger partial charge in [0.05, 0.1) is 6.42 Å². The first kappa shape index (κ1) is 16.1. The Morgan fingerprint density at radius 1 is 1.04 bits per heavy atom. The van der Waals surface area contributed by atoms with E-state index in [1.165, 1.54) is 5.39 Å². The van der Waals surface area contributed by atoms with Crippen LogP contribution in [0.1, 0.15) is 27.7 Å². The lowest BCUT2D eigenvalue weighted by Crippen LogP contribution is -2.25. The molecule has 130 valence electrons. The van der Waals surface area contributed by atoms with Gasteiger partial charge in [0.15, 0.2) is 0 Å². The summed E-state index contributed by atoms with van der Waals surface area (Å²) in [5, 5.41) is 11.8. The lowest BCUT2D eigenvalue weighted by atomic mass is 10.1. The summed E-state index contributed by atoms with van der Waals surface area (Å²) in [6, 6.07) is 17.9. The summed E-state index contributed by atoms with van der Waals surface area (Å²) in [5.41, 5.74) is 3.31. The number of amides is 1. The normalized spacial score (nSPS) is 10.9. The maximum Gasteiger partial charge on any atom is 0.308 e. The van der Waals surface area contributed by atoms with Crippen molar-refractivity contribution in [2.45, 2.75) is 12.8 Å². The van der Waals surface area contributed by atoms with E-state index in [1.807, 2.05) is 54.7 Å². The van der Waals surface area contributed by atoms with Crippen LogP contribution in [0.2, 0.25) is 0 Å². The van der Waals surface area contributed by atoms with E-state index in [-0.39, 0.29) is 11.8 Å². The Hall–Kier alpha value is -3.41. The molecule has 0 saturated heterocycles. The maximum absolute atomic E-state index is 12.2. The van der Waals surface area contributed by atoms with Crippen molar-refractivity contribution in [3.8, 4) is 0 Å². The molecule has 6 nitrogen and oxygen atoms in total. The summed E-state index contributed by atoms with van der Waals surface area (Å²) in [6.07, 6.45) is 3.21. The van der Waals surface area contributed by atoms with Gasteiger partial charge >= 0.3 is 11.8 Å². The van der Waals surface area contributed by atoms with E-state index in [0.717, 1.165) is 23.1 Å². The number of carbonyl (C=O) groups excluding carboxylic acids is 1. The summed E-state index contributed by atoms with van der Waals surface area (Å²) >= 11 is 0. The fraction of sp³-hybridized carbons (Fsp3) is 0.150. The number of H-pyrrole nitrogens is 1. The van der Waals surface area contributed by atoms with Gasteiger partial charge in [0.25, 0.3) is 0 Å². The second-order valence-electron chi connectivity index (χ2n) is 6.03. The van der Waals surface area contributed by atoms with Gasteiger partial charge in [0.1, 0.15) is 0 Å². The van der Waals surface area contributed by atoms with Crippen molar-refractivity contribution < 1.29 is 9.21 Å². The number of aromatic nitrogens is 3. The number of hydrogen-bond acceptors (Lipinski definition) is 4. The lowest BCUT2D eigenvalue weighted by molar-refractivity contribution is 0.0918. The Morgan fingerprint density at radius 2 is 1.85 bits per heavy atom. The number of nitrogens with zero attached hydrogens (tertiary/aromatic N) is 2. The summed E-state index contributed by atoms with van der Waals surface area (Å²) in [7, 11) is 0. The van der Waals surface area contributed by atoms with E-state index in [0.29, 0.717) is 18.9 Å². The van der Waals surface area contributed by atoms with Crippen LogP contribution < -0.4 is 5.32 Å². The van der Waals surface area contributed by atoms with Crippen LogP contribution in [-0.4, -0.2) is 27.6 Å². The van der Waals surface area contributed by atoms with Gasteiger partial charge < -0.3 is 14.7 Å². The third kappa shape index (κ3) is 3.49. The van der Waals surface area contributed by atoms with Crippen molar-refractivity contribution in [2.75, 3.05) is 6.54 Å². The zero-order chi connectivity index (χ0) is 17.8. The smallest absolute Gasteiger partial charge is 0.308 e. The van der Waals surface area contributed by atoms with Gasteiger partial charge in [-0.2, -0.15) is 0 Å². The quantitative estimate of drug-likeness (QED) is 0.562. The molecular formula is C20H18N4O2. The molecule has 0 radical (unpaired) electrons. The minimum absolute atomic E-state index is 0.00476. The standard InChI is InChI=1S/C20H18N4O2/c25-19(20-24-23-18(26-20)12-14-6-2-1-3-7-14)21-11-10-15-13-22-17-9-5-4-8-16(15)17/h1-9,13,22H,10-12H2,(H,21,25). The van der Waals surface area contributed by atoms with Crippen molar-refractivity contribution in [3.63, 3.8) is 0 Å². The molecule has 0 saturated carbocycles. The van der Waals surface area contributed by atoms with Crippen LogP contribution in [0, 0.1) is 0 Å². The molecule has 2 heterocycles. The van der Waals surface area contributed by atoms with Crippen LogP contribution in [0.25, 0.3) is 10.9 Å². The largest absolute Gasteiger partial charge is 0.417 e. The third-order valence-electron chi connectivity index (χ3n) is 4.21. The first-order valence-electron chi connectivity index (χ1n) is 8.49. The molecule has 6 heteroatoms. The maximum atomic E-state index is 12.2.